The highest BCUT2D eigenvalue weighted by molar-refractivity contribution is 5.87. The Balaban J connectivity index is 2.62. The number of hydrogen-bond acceptors (Lipinski definition) is 2. The van der Waals surface area contributed by atoms with Crippen molar-refractivity contribution in [2.24, 2.45) is 5.73 Å². The first-order chi connectivity index (χ1) is 6.61. The van der Waals surface area contributed by atoms with Crippen molar-refractivity contribution in [1.29, 1.82) is 0 Å². The van der Waals surface area contributed by atoms with Crippen LogP contribution in [-0.2, 0) is 11.2 Å². The second-order valence-electron chi connectivity index (χ2n) is 3.13. The minimum atomic E-state index is -1.03. The largest absolute Gasteiger partial charge is 0.478 e. The molecule has 1 aromatic carbocycles. The molecule has 0 saturated carbocycles. The smallest absolute Gasteiger partial charge is 0.332 e. The van der Waals surface area contributed by atoms with Crippen molar-refractivity contribution in [3.63, 3.8) is 0 Å². The molecule has 74 valence electrons. The van der Waals surface area contributed by atoms with Crippen molar-refractivity contribution < 1.29 is 9.90 Å². The van der Waals surface area contributed by atoms with Gasteiger partial charge < -0.3 is 10.8 Å². The first-order valence-electron chi connectivity index (χ1n) is 4.33. The van der Waals surface area contributed by atoms with E-state index in [0.717, 1.165) is 5.56 Å². The lowest BCUT2D eigenvalue weighted by Crippen LogP contribution is -2.28. The van der Waals surface area contributed by atoms with Gasteiger partial charge in [-0.25, -0.2) is 4.79 Å². The van der Waals surface area contributed by atoms with Crippen molar-refractivity contribution in [3.8, 4) is 0 Å². The van der Waals surface area contributed by atoms with E-state index in [9.17, 15) is 4.79 Å². The van der Waals surface area contributed by atoms with Gasteiger partial charge in [-0.05, 0) is 12.0 Å². The average molecular weight is 191 g/mol. The topological polar surface area (TPSA) is 63.3 Å². The summed E-state index contributed by atoms with van der Waals surface area (Å²) >= 11 is 0. The lowest BCUT2D eigenvalue weighted by Gasteiger charge is -2.10. The molecule has 0 amide bonds. The van der Waals surface area contributed by atoms with E-state index < -0.39 is 12.0 Å². The summed E-state index contributed by atoms with van der Waals surface area (Å²) in [5, 5.41) is 8.65. The highest BCUT2D eigenvalue weighted by Gasteiger charge is 2.13. The fourth-order valence-electron chi connectivity index (χ4n) is 1.15. The fourth-order valence-corrected chi connectivity index (χ4v) is 1.15. The van der Waals surface area contributed by atoms with Crippen LogP contribution in [0.4, 0.5) is 0 Å². The molecule has 1 unspecified atom stereocenters. The minimum Gasteiger partial charge on any atom is -0.478 e. The number of carboxylic acid groups (broad SMARTS) is 1. The molecule has 3 heteroatoms. The predicted molar refractivity (Wildman–Crippen MR) is 54.9 cm³/mol. The molecule has 0 aliphatic heterocycles. The van der Waals surface area contributed by atoms with Gasteiger partial charge in [0.15, 0.2) is 0 Å². The number of benzene rings is 1. The van der Waals surface area contributed by atoms with Gasteiger partial charge in [0, 0.05) is 11.6 Å². The lowest BCUT2D eigenvalue weighted by atomic mass is 10.0. The molecule has 1 atom stereocenters. The zero-order valence-corrected chi connectivity index (χ0v) is 7.81. The van der Waals surface area contributed by atoms with Crippen LogP contribution in [-0.4, -0.2) is 17.1 Å². The maximum atomic E-state index is 10.6. The lowest BCUT2D eigenvalue weighted by molar-refractivity contribution is -0.132. The van der Waals surface area contributed by atoms with Crippen molar-refractivity contribution in [1.82, 2.24) is 0 Å². The zero-order chi connectivity index (χ0) is 10.6. The Morgan fingerprint density at radius 3 is 2.50 bits per heavy atom. The molecule has 0 fully saturated rings. The Bertz CT molecular complexity index is 332. The van der Waals surface area contributed by atoms with Crippen molar-refractivity contribution in [2.45, 2.75) is 12.5 Å². The Morgan fingerprint density at radius 2 is 2.00 bits per heavy atom. The van der Waals surface area contributed by atoms with E-state index in [-0.39, 0.29) is 5.57 Å². The maximum Gasteiger partial charge on any atom is 0.332 e. The van der Waals surface area contributed by atoms with Gasteiger partial charge in [0.1, 0.15) is 0 Å². The summed E-state index contributed by atoms with van der Waals surface area (Å²) in [6.45, 7) is 3.43. The van der Waals surface area contributed by atoms with Crippen molar-refractivity contribution >= 4 is 5.97 Å². The number of rotatable bonds is 4. The van der Waals surface area contributed by atoms with E-state index in [1.165, 1.54) is 0 Å². The van der Waals surface area contributed by atoms with Crippen LogP contribution in [0.3, 0.4) is 0 Å². The van der Waals surface area contributed by atoms with Crippen LogP contribution in [0.15, 0.2) is 42.5 Å². The van der Waals surface area contributed by atoms with E-state index in [1.807, 2.05) is 30.3 Å². The summed E-state index contributed by atoms with van der Waals surface area (Å²) in [4.78, 5) is 10.6. The molecule has 0 heterocycles. The van der Waals surface area contributed by atoms with Gasteiger partial charge in [0.05, 0.1) is 0 Å². The second-order valence-corrected chi connectivity index (χ2v) is 3.13. The van der Waals surface area contributed by atoms with Gasteiger partial charge in [-0.1, -0.05) is 36.9 Å². The molecular formula is C11H13NO2. The monoisotopic (exact) mass is 191 g/mol. The standard InChI is InChI=1S/C11H13NO2/c1-8(11(13)14)10(12)7-9-5-3-2-4-6-9/h2-6,10H,1,7,12H2,(H,13,14). The third kappa shape index (κ3) is 2.71. The van der Waals surface area contributed by atoms with Gasteiger partial charge >= 0.3 is 5.97 Å². The maximum absolute atomic E-state index is 10.6. The van der Waals surface area contributed by atoms with Crippen LogP contribution >= 0.6 is 0 Å². The van der Waals surface area contributed by atoms with Gasteiger partial charge in [0.25, 0.3) is 0 Å². The molecular weight excluding hydrogens is 178 g/mol. The quantitative estimate of drug-likeness (QED) is 0.703. The number of nitrogens with two attached hydrogens (primary N) is 1. The number of hydrogen-bond donors (Lipinski definition) is 2. The van der Waals surface area contributed by atoms with Gasteiger partial charge in [0.2, 0.25) is 0 Å². The fraction of sp³-hybridized carbons (Fsp3) is 0.182. The van der Waals surface area contributed by atoms with Crippen LogP contribution in [0.5, 0.6) is 0 Å². The molecule has 3 nitrogen and oxygen atoms in total. The van der Waals surface area contributed by atoms with Crippen LogP contribution in [0.25, 0.3) is 0 Å². The Hall–Kier alpha value is -1.61. The molecule has 0 saturated heterocycles. The highest BCUT2D eigenvalue weighted by Crippen LogP contribution is 2.06. The number of carbonyl (C=O) groups is 1. The summed E-state index contributed by atoms with van der Waals surface area (Å²) in [5.74, 6) is -1.03. The normalized spacial score (nSPS) is 12.1. The SMILES string of the molecule is C=C(C(=O)O)C(N)Cc1ccccc1. The van der Waals surface area contributed by atoms with Gasteiger partial charge in [-0.2, -0.15) is 0 Å². The van der Waals surface area contributed by atoms with E-state index in [4.69, 9.17) is 10.8 Å². The third-order valence-corrected chi connectivity index (χ3v) is 2.02. The molecule has 0 radical (unpaired) electrons. The van der Waals surface area contributed by atoms with Gasteiger partial charge in [-0.3, -0.25) is 0 Å². The Kier molecular flexibility index (Phi) is 3.42. The highest BCUT2D eigenvalue weighted by atomic mass is 16.4. The van der Waals surface area contributed by atoms with E-state index in [0.29, 0.717) is 6.42 Å². The molecule has 0 spiro atoms. The molecule has 0 aliphatic rings. The molecule has 0 bridgehead atoms. The molecule has 14 heavy (non-hydrogen) atoms. The molecule has 3 N–H and O–H groups in total. The van der Waals surface area contributed by atoms with Crippen molar-refractivity contribution in [3.05, 3.63) is 48.0 Å². The summed E-state index contributed by atoms with van der Waals surface area (Å²) < 4.78 is 0. The molecule has 0 aromatic heterocycles. The van der Waals surface area contributed by atoms with Crippen LogP contribution in [0.2, 0.25) is 0 Å². The van der Waals surface area contributed by atoms with Gasteiger partial charge in [-0.15, -0.1) is 0 Å². The third-order valence-electron chi connectivity index (χ3n) is 2.02. The first kappa shape index (κ1) is 10.5. The zero-order valence-electron chi connectivity index (χ0n) is 7.81. The van der Waals surface area contributed by atoms with Crippen molar-refractivity contribution in [2.75, 3.05) is 0 Å². The molecule has 1 aromatic rings. The van der Waals surface area contributed by atoms with E-state index in [2.05, 4.69) is 6.58 Å². The van der Waals surface area contributed by atoms with E-state index in [1.54, 1.807) is 0 Å². The summed E-state index contributed by atoms with van der Waals surface area (Å²) in [6.07, 6.45) is 0.506. The second kappa shape index (κ2) is 4.58. The molecule has 0 aliphatic carbocycles. The van der Waals surface area contributed by atoms with Crippen LogP contribution < -0.4 is 5.73 Å². The average Bonchev–Trinajstić information content (AvgIpc) is 2.18. The van der Waals surface area contributed by atoms with E-state index >= 15 is 0 Å². The Labute approximate surface area is 82.9 Å². The first-order valence-corrected chi connectivity index (χ1v) is 4.33. The van der Waals surface area contributed by atoms with Crippen LogP contribution in [0, 0.1) is 0 Å². The summed E-state index contributed by atoms with van der Waals surface area (Å²) in [7, 11) is 0. The molecule has 1 rings (SSSR count). The number of aliphatic carboxylic acids is 1. The predicted octanol–water partition coefficient (Wildman–Crippen LogP) is 1.20. The summed E-state index contributed by atoms with van der Waals surface area (Å²) in [6, 6.07) is 9.00. The minimum absolute atomic E-state index is 0.0499. The Morgan fingerprint density at radius 1 is 1.43 bits per heavy atom. The summed E-state index contributed by atoms with van der Waals surface area (Å²) in [5.41, 5.74) is 6.74. The van der Waals surface area contributed by atoms with Crippen LogP contribution in [0.1, 0.15) is 5.56 Å². The number of carboxylic acids is 1.